The van der Waals surface area contributed by atoms with Gasteiger partial charge in [0.15, 0.2) is 4.34 Å². The third kappa shape index (κ3) is 3.92. The van der Waals surface area contributed by atoms with E-state index in [2.05, 4.69) is 35.4 Å². The summed E-state index contributed by atoms with van der Waals surface area (Å²) in [5, 5.41) is 13.2. The first-order valence-corrected chi connectivity index (χ1v) is 8.12. The molecule has 0 saturated heterocycles. The number of benzene rings is 1. The summed E-state index contributed by atoms with van der Waals surface area (Å²) in [6, 6.07) is 6.48. The smallest absolute Gasteiger partial charge is 0.179 e. The fraction of sp³-hybridized carbons (Fsp3) is 0.385. The Morgan fingerprint density at radius 2 is 2.21 bits per heavy atom. The molecule has 1 aromatic heterocycles. The summed E-state index contributed by atoms with van der Waals surface area (Å²) in [5.41, 5.74) is 1.20. The zero-order valence-corrected chi connectivity index (χ0v) is 13.5. The van der Waals surface area contributed by atoms with E-state index in [9.17, 15) is 0 Å². The topological polar surface area (TPSA) is 37.8 Å². The summed E-state index contributed by atoms with van der Waals surface area (Å²) >= 11 is 9.48. The van der Waals surface area contributed by atoms with Crippen LogP contribution in [0, 0.1) is 6.92 Å². The standard InChI is InChI=1S/C13H16ClN3S2/c1-4-15-8(2)10-5-6-12(11(14)7-10)19-13-17-16-9(3)18-13/h5-8,15H,4H2,1-3H3. The van der Waals surface area contributed by atoms with Crippen LogP contribution in [0.3, 0.4) is 0 Å². The monoisotopic (exact) mass is 313 g/mol. The summed E-state index contributed by atoms with van der Waals surface area (Å²) in [4.78, 5) is 1.02. The van der Waals surface area contributed by atoms with Crippen LogP contribution in [0.15, 0.2) is 27.4 Å². The van der Waals surface area contributed by atoms with Gasteiger partial charge in [0, 0.05) is 10.9 Å². The first-order valence-electron chi connectivity index (χ1n) is 6.11. The lowest BCUT2D eigenvalue weighted by Gasteiger charge is -2.13. The molecular formula is C13H16ClN3S2. The van der Waals surface area contributed by atoms with E-state index in [1.54, 1.807) is 23.1 Å². The van der Waals surface area contributed by atoms with Crippen LogP contribution in [0.2, 0.25) is 5.02 Å². The second-order valence-corrected chi connectivity index (χ2v) is 7.04. The highest BCUT2D eigenvalue weighted by Gasteiger charge is 2.10. The van der Waals surface area contributed by atoms with Gasteiger partial charge < -0.3 is 5.32 Å². The molecule has 0 saturated carbocycles. The van der Waals surface area contributed by atoms with Crippen molar-refractivity contribution in [2.45, 2.75) is 36.0 Å². The normalized spacial score (nSPS) is 12.6. The van der Waals surface area contributed by atoms with E-state index in [4.69, 9.17) is 11.6 Å². The maximum Gasteiger partial charge on any atom is 0.179 e. The Hall–Kier alpha value is -0.620. The number of nitrogens with zero attached hydrogens (tertiary/aromatic N) is 2. The molecule has 2 rings (SSSR count). The van der Waals surface area contributed by atoms with Gasteiger partial charge in [-0.05, 0) is 38.1 Å². The van der Waals surface area contributed by atoms with Gasteiger partial charge in [0.25, 0.3) is 0 Å². The molecule has 19 heavy (non-hydrogen) atoms. The Balaban J connectivity index is 2.15. The van der Waals surface area contributed by atoms with Crippen LogP contribution in [0.4, 0.5) is 0 Å². The number of aromatic nitrogens is 2. The predicted molar refractivity (Wildman–Crippen MR) is 82.3 cm³/mol. The molecule has 102 valence electrons. The maximum atomic E-state index is 6.34. The fourth-order valence-corrected chi connectivity index (χ4v) is 3.79. The number of halogens is 1. The van der Waals surface area contributed by atoms with Crippen molar-refractivity contribution in [3.8, 4) is 0 Å². The Bertz CT molecular complexity index is 557. The SMILES string of the molecule is CCNC(C)c1ccc(Sc2nnc(C)s2)c(Cl)c1. The molecule has 0 aliphatic heterocycles. The number of hydrogen-bond acceptors (Lipinski definition) is 5. The van der Waals surface area contributed by atoms with Crippen LogP contribution >= 0.6 is 34.7 Å². The van der Waals surface area contributed by atoms with Gasteiger partial charge in [0.2, 0.25) is 0 Å². The van der Waals surface area contributed by atoms with Gasteiger partial charge in [-0.2, -0.15) is 0 Å². The largest absolute Gasteiger partial charge is 0.310 e. The van der Waals surface area contributed by atoms with Gasteiger partial charge in [-0.1, -0.05) is 47.7 Å². The van der Waals surface area contributed by atoms with E-state index in [1.807, 2.05) is 19.1 Å². The minimum atomic E-state index is 0.310. The van der Waals surface area contributed by atoms with Crippen molar-refractivity contribution < 1.29 is 0 Å². The third-order valence-electron chi connectivity index (χ3n) is 2.67. The molecule has 0 aliphatic carbocycles. The summed E-state index contributed by atoms with van der Waals surface area (Å²) in [6.45, 7) is 7.13. The second kappa shape index (κ2) is 6.70. The summed E-state index contributed by atoms with van der Waals surface area (Å²) < 4.78 is 0.923. The fourth-order valence-electron chi connectivity index (χ4n) is 1.71. The van der Waals surface area contributed by atoms with Gasteiger partial charge in [0.05, 0.1) is 5.02 Å². The van der Waals surface area contributed by atoms with E-state index in [0.717, 1.165) is 25.8 Å². The van der Waals surface area contributed by atoms with Crippen LogP contribution in [-0.4, -0.2) is 16.7 Å². The van der Waals surface area contributed by atoms with Crippen molar-refractivity contribution in [1.82, 2.24) is 15.5 Å². The molecule has 3 nitrogen and oxygen atoms in total. The van der Waals surface area contributed by atoms with Gasteiger partial charge in [0.1, 0.15) is 5.01 Å². The molecule has 6 heteroatoms. The van der Waals surface area contributed by atoms with Crippen LogP contribution in [0.5, 0.6) is 0 Å². The highest BCUT2D eigenvalue weighted by Crippen LogP contribution is 2.35. The summed E-state index contributed by atoms with van der Waals surface area (Å²) in [5.74, 6) is 0. The third-order valence-corrected chi connectivity index (χ3v) is 5.06. The lowest BCUT2D eigenvalue weighted by Crippen LogP contribution is -2.17. The molecule has 0 aliphatic rings. The molecule has 0 radical (unpaired) electrons. The molecule has 0 spiro atoms. The van der Waals surface area contributed by atoms with Crippen molar-refractivity contribution in [3.05, 3.63) is 33.8 Å². The zero-order valence-electron chi connectivity index (χ0n) is 11.1. The second-order valence-electron chi connectivity index (χ2n) is 4.16. The average Bonchev–Trinajstić information content (AvgIpc) is 2.78. The molecule has 1 unspecified atom stereocenters. The first-order chi connectivity index (χ1) is 9.10. The molecule has 0 amide bonds. The molecule has 1 aromatic carbocycles. The van der Waals surface area contributed by atoms with E-state index in [-0.39, 0.29) is 0 Å². The quantitative estimate of drug-likeness (QED) is 0.892. The van der Waals surface area contributed by atoms with Crippen molar-refractivity contribution in [1.29, 1.82) is 0 Å². The average molecular weight is 314 g/mol. The Kier molecular flexibility index (Phi) is 5.21. The lowest BCUT2D eigenvalue weighted by atomic mass is 10.1. The van der Waals surface area contributed by atoms with Gasteiger partial charge in [-0.25, -0.2) is 0 Å². The van der Waals surface area contributed by atoms with Crippen LogP contribution in [-0.2, 0) is 0 Å². The van der Waals surface area contributed by atoms with Crippen molar-refractivity contribution >= 4 is 34.7 Å². The van der Waals surface area contributed by atoms with Crippen LogP contribution in [0.1, 0.15) is 30.5 Å². The van der Waals surface area contributed by atoms with Crippen molar-refractivity contribution in [2.75, 3.05) is 6.54 Å². The van der Waals surface area contributed by atoms with E-state index < -0.39 is 0 Å². The first kappa shape index (κ1) is 14.8. The van der Waals surface area contributed by atoms with Gasteiger partial charge in [-0.15, -0.1) is 10.2 Å². The molecule has 1 N–H and O–H groups in total. The van der Waals surface area contributed by atoms with E-state index in [1.165, 1.54) is 5.56 Å². The minimum absolute atomic E-state index is 0.310. The maximum absolute atomic E-state index is 6.34. The number of aryl methyl sites for hydroxylation is 1. The molecule has 2 aromatic rings. The Morgan fingerprint density at radius 3 is 2.79 bits per heavy atom. The van der Waals surface area contributed by atoms with Gasteiger partial charge >= 0.3 is 0 Å². The summed E-state index contributed by atoms with van der Waals surface area (Å²) in [7, 11) is 0. The van der Waals surface area contributed by atoms with Gasteiger partial charge in [-0.3, -0.25) is 0 Å². The Labute approximate surface area is 126 Å². The van der Waals surface area contributed by atoms with Crippen molar-refractivity contribution in [3.63, 3.8) is 0 Å². The van der Waals surface area contributed by atoms with E-state index >= 15 is 0 Å². The molecule has 1 heterocycles. The molecule has 1 atom stereocenters. The summed E-state index contributed by atoms with van der Waals surface area (Å²) in [6.07, 6.45) is 0. The highest BCUT2D eigenvalue weighted by atomic mass is 35.5. The predicted octanol–water partition coefficient (Wildman–Crippen LogP) is 4.32. The number of nitrogens with one attached hydrogen (secondary N) is 1. The molecular weight excluding hydrogens is 298 g/mol. The minimum Gasteiger partial charge on any atom is -0.310 e. The van der Waals surface area contributed by atoms with Crippen LogP contribution in [0.25, 0.3) is 0 Å². The molecule has 0 bridgehead atoms. The number of rotatable bonds is 5. The molecule has 0 fully saturated rings. The van der Waals surface area contributed by atoms with Crippen LogP contribution < -0.4 is 5.32 Å². The highest BCUT2D eigenvalue weighted by molar-refractivity contribution is 8.01. The van der Waals surface area contributed by atoms with E-state index in [0.29, 0.717) is 6.04 Å². The lowest BCUT2D eigenvalue weighted by molar-refractivity contribution is 0.598. The zero-order chi connectivity index (χ0) is 13.8. The Morgan fingerprint density at radius 1 is 1.42 bits per heavy atom. The van der Waals surface area contributed by atoms with Crippen molar-refractivity contribution in [2.24, 2.45) is 0 Å². The number of hydrogen-bond donors (Lipinski definition) is 1.